The van der Waals surface area contributed by atoms with Crippen LogP contribution in [0.15, 0.2) is 52.9 Å². The van der Waals surface area contributed by atoms with Crippen LogP contribution in [0.3, 0.4) is 0 Å². The molecule has 2 aromatic carbocycles. The molecule has 1 aromatic heterocycles. The van der Waals surface area contributed by atoms with Crippen LogP contribution >= 0.6 is 11.6 Å². The van der Waals surface area contributed by atoms with E-state index in [0.717, 1.165) is 17.7 Å². The highest BCUT2D eigenvalue weighted by atomic mass is 35.5. The number of rotatable bonds is 5. The second-order valence-electron chi connectivity index (χ2n) is 4.85. The van der Waals surface area contributed by atoms with Crippen LogP contribution < -0.4 is 5.32 Å². The number of benzene rings is 2. The van der Waals surface area contributed by atoms with E-state index in [9.17, 15) is 0 Å². The number of hydrogen-bond donors (Lipinski definition) is 1. The van der Waals surface area contributed by atoms with Crippen molar-refractivity contribution in [2.24, 2.45) is 0 Å². The summed E-state index contributed by atoms with van der Waals surface area (Å²) in [6.45, 7) is 2.61. The number of hydrogen-bond acceptors (Lipinski definition) is 4. The highest BCUT2D eigenvalue weighted by Crippen LogP contribution is 2.26. The minimum Gasteiger partial charge on any atom is -0.419 e. The van der Waals surface area contributed by atoms with Crippen molar-refractivity contribution in [3.8, 4) is 11.5 Å². The van der Waals surface area contributed by atoms with Crippen molar-refractivity contribution in [1.82, 2.24) is 10.2 Å². The monoisotopic (exact) mass is 313 g/mol. The van der Waals surface area contributed by atoms with Gasteiger partial charge < -0.3 is 9.73 Å². The molecule has 0 aliphatic rings. The Labute approximate surface area is 134 Å². The summed E-state index contributed by atoms with van der Waals surface area (Å²) >= 11 is 6.14. The molecule has 0 saturated carbocycles. The van der Waals surface area contributed by atoms with Gasteiger partial charge in [-0.3, -0.25) is 0 Å². The predicted molar refractivity (Wildman–Crippen MR) is 87.9 cm³/mol. The number of aryl methyl sites for hydroxylation is 1. The Hall–Kier alpha value is -2.33. The van der Waals surface area contributed by atoms with Gasteiger partial charge in [-0.1, -0.05) is 48.9 Å². The van der Waals surface area contributed by atoms with Gasteiger partial charge in [-0.25, -0.2) is 0 Å². The van der Waals surface area contributed by atoms with E-state index in [4.69, 9.17) is 16.0 Å². The lowest BCUT2D eigenvalue weighted by molar-refractivity contribution is 0.515. The summed E-state index contributed by atoms with van der Waals surface area (Å²) in [5.74, 6) is 0.965. The molecule has 0 amide bonds. The van der Waals surface area contributed by atoms with Crippen molar-refractivity contribution in [1.29, 1.82) is 0 Å². The number of halogens is 1. The van der Waals surface area contributed by atoms with Crippen LogP contribution in [0.4, 0.5) is 5.69 Å². The number of para-hydroxylation sites is 1. The molecular formula is C17H16ClN3O. The number of nitrogens with one attached hydrogen (secondary N) is 1. The molecule has 0 saturated heterocycles. The number of nitrogens with zero attached hydrogens (tertiary/aromatic N) is 2. The first-order valence-corrected chi connectivity index (χ1v) is 7.54. The Balaban J connectivity index is 1.74. The van der Waals surface area contributed by atoms with Crippen molar-refractivity contribution < 1.29 is 4.42 Å². The Morgan fingerprint density at radius 2 is 1.82 bits per heavy atom. The van der Waals surface area contributed by atoms with Gasteiger partial charge in [0.15, 0.2) is 0 Å². The van der Waals surface area contributed by atoms with E-state index in [1.807, 2.05) is 36.4 Å². The molecule has 0 unspecified atom stereocenters. The maximum atomic E-state index is 6.14. The van der Waals surface area contributed by atoms with Gasteiger partial charge >= 0.3 is 0 Å². The fraction of sp³-hybridized carbons (Fsp3) is 0.176. The molecular weight excluding hydrogens is 298 g/mol. The SMILES string of the molecule is CCc1ccccc1NCc1nnc(-c2ccccc2Cl)o1. The highest BCUT2D eigenvalue weighted by molar-refractivity contribution is 6.33. The molecule has 0 aliphatic heterocycles. The van der Waals surface area contributed by atoms with Gasteiger partial charge in [0.1, 0.15) is 0 Å². The third kappa shape index (κ3) is 3.12. The van der Waals surface area contributed by atoms with Gasteiger partial charge in [0.05, 0.1) is 17.1 Å². The van der Waals surface area contributed by atoms with Crippen LogP contribution in [-0.4, -0.2) is 10.2 Å². The van der Waals surface area contributed by atoms with E-state index >= 15 is 0 Å². The summed E-state index contributed by atoms with van der Waals surface area (Å²) in [5, 5.41) is 12.1. The smallest absolute Gasteiger partial charge is 0.249 e. The number of aromatic nitrogens is 2. The third-order valence-electron chi connectivity index (χ3n) is 3.40. The normalized spacial score (nSPS) is 10.6. The van der Waals surface area contributed by atoms with Gasteiger partial charge in [0.2, 0.25) is 11.8 Å². The molecule has 0 bridgehead atoms. The van der Waals surface area contributed by atoms with E-state index in [0.29, 0.717) is 23.3 Å². The summed E-state index contributed by atoms with van der Waals surface area (Å²) in [5.41, 5.74) is 3.09. The van der Waals surface area contributed by atoms with E-state index < -0.39 is 0 Å². The molecule has 0 fully saturated rings. The molecule has 0 radical (unpaired) electrons. The first kappa shape index (κ1) is 14.6. The zero-order valence-electron chi connectivity index (χ0n) is 12.2. The number of anilines is 1. The molecule has 0 spiro atoms. The molecule has 1 heterocycles. The Morgan fingerprint density at radius 1 is 1.05 bits per heavy atom. The lowest BCUT2D eigenvalue weighted by Gasteiger charge is -2.08. The minimum atomic E-state index is 0.436. The van der Waals surface area contributed by atoms with E-state index in [2.05, 4.69) is 28.5 Å². The van der Waals surface area contributed by atoms with Gasteiger partial charge in [-0.2, -0.15) is 0 Å². The Kier molecular flexibility index (Phi) is 4.39. The van der Waals surface area contributed by atoms with Crippen molar-refractivity contribution >= 4 is 17.3 Å². The minimum absolute atomic E-state index is 0.436. The molecule has 5 heteroatoms. The molecule has 112 valence electrons. The molecule has 4 nitrogen and oxygen atoms in total. The summed E-state index contributed by atoms with van der Waals surface area (Å²) in [6.07, 6.45) is 0.970. The Bertz CT molecular complexity index is 770. The second kappa shape index (κ2) is 6.62. The maximum Gasteiger partial charge on any atom is 0.249 e. The standard InChI is InChI=1S/C17H16ClN3O/c1-2-12-7-3-6-10-15(12)19-11-16-20-21-17(22-16)13-8-4-5-9-14(13)18/h3-10,19H,2,11H2,1H3. The lowest BCUT2D eigenvalue weighted by Crippen LogP contribution is -2.02. The molecule has 0 atom stereocenters. The van der Waals surface area contributed by atoms with Gasteiger partial charge in [0.25, 0.3) is 0 Å². The predicted octanol–water partition coefficient (Wildman–Crippen LogP) is 4.56. The molecule has 22 heavy (non-hydrogen) atoms. The topological polar surface area (TPSA) is 51.0 Å². The van der Waals surface area contributed by atoms with Crippen molar-refractivity contribution in [3.05, 3.63) is 65.0 Å². The van der Waals surface area contributed by atoms with E-state index in [1.54, 1.807) is 6.07 Å². The van der Waals surface area contributed by atoms with Gasteiger partial charge in [0, 0.05) is 5.69 Å². The second-order valence-corrected chi connectivity index (χ2v) is 5.25. The molecule has 3 rings (SSSR count). The van der Waals surface area contributed by atoms with Crippen LogP contribution in [0, 0.1) is 0 Å². The molecule has 3 aromatic rings. The van der Waals surface area contributed by atoms with Crippen molar-refractivity contribution in [3.63, 3.8) is 0 Å². The van der Waals surface area contributed by atoms with Gasteiger partial charge in [-0.05, 0) is 30.2 Å². The van der Waals surface area contributed by atoms with Crippen LogP contribution in [-0.2, 0) is 13.0 Å². The average molecular weight is 314 g/mol. The highest BCUT2D eigenvalue weighted by Gasteiger charge is 2.11. The van der Waals surface area contributed by atoms with Crippen LogP contribution in [0.1, 0.15) is 18.4 Å². The van der Waals surface area contributed by atoms with Crippen LogP contribution in [0.25, 0.3) is 11.5 Å². The first-order chi connectivity index (χ1) is 10.8. The quantitative estimate of drug-likeness (QED) is 0.750. The molecule has 0 aliphatic carbocycles. The summed E-state index contributed by atoms with van der Waals surface area (Å²) in [4.78, 5) is 0. The van der Waals surface area contributed by atoms with E-state index in [1.165, 1.54) is 5.56 Å². The summed E-state index contributed by atoms with van der Waals surface area (Å²) in [6, 6.07) is 15.6. The first-order valence-electron chi connectivity index (χ1n) is 7.17. The van der Waals surface area contributed by atoms with Crippen LogP contribution in [0.2, 0.25) is 5.02 Å². The third-order valence-corrected chi connectivity index (χ3v) is 3.73. The average Bonchev–Trinajstić information content (AvgIpc) is 3.02. The zero-order chi connectivity index (χ0) is 15.4. The summed E-state index contributed by atoms with van der Waals surface area (Å²) in [7, 11) is 0. The largest absolute Gasteiger partial charge is 0.419 e. The van der Waals surface area contributed by atoms with Crippen LogP contribution in [0.5, 0.6) is 0 Å². The fourth-order valence-electron chi connectivity index (χ4n) is 2.24. The zero-order valence-corrected chi connectivity index (χ0v) is 13.0. The van der Waals surface area contributed by atoms with Gasteiger partial charge in [-0.15, -0.1) is 10.2 Å². The van der Waals surface area contributed by atoms with Crippen molar-refractivity contribution in [2.45, 2.75) is 19.9 Å². The van der Waals surface area contributed by atoms with E-state index in [-0.39, 0.29) is 0 Å². The summed E-state index contributed by atoms with van der Waals surface area (Å²) < 4.78 is 5.68. The lowest BCUT2D eigenvalue weighted by atomic mass is 10.1. The maximum absolute atomic E-state index is 6.14. The van der Waals surface area contributed by atoms with Crippen molar-refractivity contribution in [2.75, 3.05) is 5.32 Å². The molecule has 1 N–H and O–H groups in total. The Morgan fingerprint density at radius 3 is 2.64 bits per heavy atom. The fourth-order valence-corrected chi connectivity index (χ4v) is 2.46.